The van der Waals surface area contributed by atoms with Crippen LogP contribution in [0.2, 0.25) is 5.02 Å². The first kappa shape index (κ1) is 11.3. The van der Waals surface area contributed by atoms with Crippen molar-refractivity contribution in [3.05, 3.63) is 57.5 Å². The largest absolute Gasteiger partial charge is 0.476 e. The lowest BCUT2D eigenvalue weighted by molar-refractivity contribution is 0.0688. The third-order valence-corrected chi connectivity index (χ3v) is 2.38. The molecule has 0 amide bonds. The van der Waals surface area contributed by atoms with Gasteiger partial charge in [0.2, 0.25) is 0 Å². The van der Waals surface area contributed by atoms with Crippen LogP contribution in [0, 0.1) is 0 Å². The van der Waals surface area contributed by atoms with E-state index in [0.29, 0.717) is 5.69 Å². The molecule has 0 unspecified atom stereocenters. The van der Waals surface area contributed by atoms with Gasteiger partial charge in [0, 0.05) is 6.07 Å². The van der Waals surface area contributed by atoms with Gasteiger partial charge in [0.05, 0.1) is 10.7 Å². The highest BCUT2D eigenvalue weighted by Gasteiger charge is 2.14. The zero-order valence-electron chi connectivity index (χ0n) is 8.50. The van der Waals surface area contributed by atoms with E-state index >= 15 is 0 Å². The second-order valence-corrected chi connectivity index (χ2v) is 3.64. The van der Waals surface area contributed by atoms with E-state index < -0.39 is 11.5 Å². The summed E-state index contributed by atoms with van der Waals surface area (Å²) in [6.45, 7) is 0. The number of nitrogens with zero attached hydrogens (tertiary/aromatic N) is 2. The van der Waals surface area contributed by atoms with Crippen LogP contribution in [0.4, 0.5) is 0 Å². The van der Waals surface area contributed by atoms with Crippen molar-refractivity contribution in [1.82, 2.24) is 9.78 Å². The predicted octanol–water partition coefficient (Wildman–Crippen LogP) is 1.58. The standard InChI is InChI=1S/C11H7ClN2O3/c12-8-6-9(15)14(13-10(8)11(16)17)7-4-2-1-3-5-7/h1-6H,(H,16,17). The minimum atomic E-state index is -1.28. The summed E-state index contributed by atoms with van der Waals surface area (Å²) in [5.41, 5.74) is -0.349. The van der Waals surface area contributed by atoms with E-state index in [9.17, 15) is 9.59 Å². The van der Waals surface area contributed by atoms with Crippen LogP contribution in [0.3, 0.4) is 0 Å². The van der Waals surface area contributed by atoms with Gasteiger partial charge in [-0.2, -0.15) is 9.78 Å². The summed E-state index contributed by atoms with van der Waals surface area (Å²) in [4.78, 5) is 22.5. The van der Waals surface area contributed by atoms with Gasteiger partial charge in [-0.15, -0.1) is 0 Å². The van der Waals surface area contributed by atoms with E-state index in [1.54, 1.807) is 30.3 Å². The van der Waals surface area contributed by atoms with Crippen LogP contribution in [-0.2, 0) is 0 Å². The molecule has 86 valence electrons. The van der Waals surface area contributed by atoms with Crippen molar-refractivity contribution in [2.45, 2.75) is 0 Å². The van der Waals surface area contributed by atoms with Gasteiger partial charge in [-0.1, -0.05) is 29.8 Å². The van der Waals surface area contributed by atoms with Gasteiger partial charge in [-0.25, -0.2) is 4.79 Å². The highest BCUT2D eigenvalue weighted by molar-refractivity contribution is 6.33. The molecule has 2 aromatic rings. The first-order valence-corrected chi connectivity index (χ1v) is 5.06. The number of para-hydroxylation sites is 1. The maximum Gasteiger partial charge on any atom is 0.357 e. The fourth-order valence-corrected chi connectivity index (χ4v) is 1.55. The molecule has 0 spiro atoms. The van der Waals surface area contributed by atoms with Gasteiger partial charge in [0.15, 0.2) is 5.69 Å². The molecule has 2 rings (SSSR count). The minimum absolute atomic E-state index is 0.172. The van der Waals surface area contributed by atoms with Crippen LogP contribution in [0.15, 0.2) is 41.2 Å². The molecule has 0 aliphatic rings. The Morgan fingerprint density at radius 1 is 1.29 bits per heavy atom. The summed E-state index contributed by atoms with van der Waals surface area (Å²) in [5.74, 6) is -1.28. The summed E-state index contributed by atoms with van der Waals surface area (Å²) in [5, 5.41) is 12.4. The minimum Gasteiger partial charge on any atom is -0.476 e. The molecule has 0 atom stereocenters. The first-order valence-electron chi connectivity index (χ1n) is 4.68. The normalized spacial score (nSPS) is 10.2. The van der Waals surface area contributed by atoms with Crippen LogP contribution in [0.25, 0.3) is 5.69 Å². The maximum absolute atomic E-state index is 11.6. The number of aromatic carboxylic acids is 1. The lowest BCUT2D eigenvalue weighted by Crippen LogP contribution is -2.23. The Morgan fingerprint density at radius 3 is 2.53 bits per heavy atom. The topological polar surface area (TPSA) is 72.2 Å². The molecule has 0 bridgehead atoms. The summed E-state index contributed by atoms with van der Waals surface area (Å²) < 4.78 is 0.995. The second-order valence-electron chi connectivity index (χ2n) is 3.23. The third kappa shape index (κ3) is 2.19. The lowest BCUT2D eigenvalue weighted by Gasteiger charge is -2.05. The number of rotatable bonds is 2. The van der Waals surface area contributed by atoms with E-state index in [4.69, 9.17) is 16.7 Å². The van der Waals surface area contributed by atoms with Crippen molar-refractivity contribution in [1.29, 1.82) is 0 Å². The predicted molar refractivity (Wildman–Crippen MR) is 61.8 cm³/mol. The van der Waals surface area contributed by atoms with Gasteiger partial charge < -0.3 is 5.11 Å². The Balaban J connectivity index is 2.67. The molecule has 6 heteroatoms. The number of aromatic nitrogens is 2. The summed E-state index contributed by atoms with van der Waals surface area (Å²) >= 11 is 5.63. The van der Waals surface area contributed by atoms with Crippen LogP contribution < -0.4 is 5.56 Å². The number of carbonyl (C=O) groups is 1. The number of halogens is 1. The molecule has 0 radical (unpaired) electrons. The number of hydrogen-bond donors (Lipinski definition) is 1. The van der Waals surface area contributed by atoms with E-state index in [0.717, 1.165) is 10.7 Å². The molecule has 17 heavy (non-hydrogen) atoms. The summed E-state index contributed by atoms with van der Waals surface area (Å²) in [7, 11) is 0. The van der Waals surface area contributed by atoms with Gasteiger partial charge in [0.1, 0.15) is 0 Å². The molecule has 1 aromatic heterocycles. The third-order valence-electron chi connectivity index (χ3n) is 2.09. The molecule has 0 fully saturated rings. The number of carboxylic acids is 1. The Hall–Kier alpha value is -2.14. The zero-order valence-corrected chi connectivity index (χ0v) is 9.26. The van der Waals surface area contributed by atoms with Crippen LogP contribution in [-0.4, -0.2) is 20.9 Å². The number of benzene rings is 1. The molecule has 1 aromatic carbocycles. The molecule has 0 aliphatic carbocycles. The molecular weight excluding hydrogens is 244 g/mol. The SMILES string of the molecule is O=C(O)c1nn(-c2ccccc2)c(=O)cc1Cl. The molecule has 1 heterocycles. The average molecular weight is 251 g/mol. The van der Waals surface area contributed by atoms with E-state index in [1.807, 2.05) is 0 Å². The maximum atomic E-state index is 11.6. The molecule has 0 saturated heterocycles. The Bertz CT molecular complexity index is 622. The Morgan fingerprint density at radius 2 is 1.94 bits per heavy atom. The van der Waals surface area contributed by atoms with Crippen molar-refractivity contribution in [3.8, 4) is 5.69 Å². The fraction of sp³-hybridized carbons (Fsp3) is 0. The highest BCUT2D eigenvalue weighted by atomic mass is 35.5. The first-order chi connectivity index (χ1) is 8.09. The van der Waals surface area contributed by atoms with Crippen LogP contribution >= 0.6 is 11.6 Å². The van der Waals surface area contributed by atoms with Gasteiger partial charge >= 0.3 is 5.97 Å². The second kappa shape index (κ2) is 4.39. The van der Waals surface area contributed by atoms with Crippen LogP contribution in [0.1, 0.15) is 10.5 Å². The molecule has 5 nitrogen and oxygen atoms in total. The highest BCUT2D eigenvalue weighted by Crippen LogP contribution is 2.11. The van der Waals surface area contributed by atoms with Crippen LogP contribution in [0.5, 0.6) is 0 Å². The van der Waals surface area contributed by atoms with Gasteiger partial charge in [-0.05, 0) is 12.1 Å². The van der Waals surface area contributed by atoms with Crippen molar-refractivity contribution in [3.63, 3.8) is 0 Å². The Labute approximate surface area is 101 Å². The summed E-state index contributed by atoms with van der Waals surface area (Å²) in [6, 6.07) is 9.55. The monoisotopic (exact) mass is 250 g/mol. The van der Waals surface area contributed by atoms with Crippen molar-refractivity contribution >= 4 is 17.6 Å². The van der Waals surface area contributed by atoms with Gasteiger partial charge in [0.25, 0.3) is 5.56 Å². The molecule has 1 N–H and O–H groups in total. The fourth-order valence-electron chi connectivity index (χ4n) is 1.33. The number of carboxylic acid groups (broad SMARTS) is 1. The van der Waals surface area contributed by atoms with Crippen molar-refractivity contribution in [2.24, 2.45) is 0 Å². The van der Waals surface area contributed by atoms with Gasteiger partial charge in [-0.3, -0.25) is 4.79 Å². The van der Waals surface area contributed by atoms with E-state index in [-0.39, 0.29) is 10.7 Å². The lowest BCUT2D eigenvalue weighted by atomic mass is 10.3. The van der Waals surface area contributed by atoms with Crippen molar-refractivity contribution in [2.75, 3.05) is 0 Å². The van der Waals surface area contributed by atoms with E-state index in [2.05, 4.69) is 5.10 Å². The Kier molecular flexibility index (Phi) is 2.93. The zero-order chi connectivity index (χ0) is 12.4. The molecule has 0 aliphatic heterocycles. The van der Waals surface area contributed by atoms with E-state index in [1.165, 1.54) is 0 Å². The molecular formula is C11H7ClN2O3. The summed E-state index contributed by atoms with van der Waals surface area (Å²) in [6.07, 6.45) is 0. The smallest absolute Gasteiger partial charge is 0.357 e. The number of hydrogen-bond acceptors (Lipinski definition) is 3. The molecule has 0 saturated carbocycles. The quantitative estimate of drug-likeness (QED) is 0.878. The van der Waals surface area contributed by atoms with Crippen molar-refractivity contribution < 1.29 is 9.90 Å². The average Bonchev–Trinajstić information content (AvgIpc) is 2.29.